The second-order valence-electron chi connectivity index (χ2n) is 4.62. The van der Waals surface area contributed by atoms with Crippen molar-refractivity contribution in [2.75, 3.05) is 5.32 Å². The predicted molar refractivity (Wildman–Crippen MR) is 84.6 cm³/mol. The quantitative estimate of drug-likeness (QED) is 0.683. The number of hydrogen-bond donors (Lipinski definition) is 2. The molecule has 2 heterocycles. The molecule has 0 spiro atoms. The van der Waals surface area contributed by atoms with Crippen LogP contribution in [0.15, 0.2) is 36.5 Å². The van der Waals surface area contributed by atoms with Gasteiger partial charge in [0.25, 0.3) is 0 Å². The van der Waals surface area contributed by atoms with Crippen molar-refractivity contribution in [2.45, 2.75) is 13.5 Å². The van der Waals surface area contributed by atoms with Crippen LogP contribution in [0.2, 0.25) is 10.2 Å². The molecule has 0 unspecified atom stereocenters. The van der Waals surface area contributed by atoms with Gasteiger partial charge >= 0.3 is 0 Å². The van der Waals surface area contributed by atoms with E-state index in [2.05, 4.69) is 15.3 Å². The van der Waals surface area contributed by atoms with Gasteiger partial charge in [0, 0.05) is 28.7 Å². The molecule has 3 nitrogen and oxygen atoms in total. The van der Waals surface area contributed by atoms with Crippen LogP contribution in [0, 0.1) is 6.92 Å². The Balaban J connectivity index is 1.83. The summed E-state index contributed by atoms with van der Waals surface area (Å²) in [6.45, 7) is 2.65. The number of pyridine rings is 1. The Morgan fingerprint density at radius 3 is 2.85 bits per heavy atom. The lowest BCUT2D eigenvalue weighted by Gasteiger charge is -2.08. The smallest absolute Gasteiger partial charge is 0.129 e. The molecule has 2 N–H and O–H groups in total. The standard InChI is InChI=1S/C15H13Cl2N3/c1-9-13(4-5-15(17)20-9)18-7-10-8-19-14-6-11(16)2-3-12(10)14/h2-6,8,18-19H,7H2,1H3. The second kappa shape index (κ2) is 5.35. The minimum absolute atomic E-state index is 0.509. The van der Waals surface area contributed by atoms with Crippen LogP contribution in [0.3, 0.4) is 0 Å². The summed E-state index contributed by atoms with van der Waals surface area (Å²) >= 11 is 11.8. The number of rotatable bonds is 3. The molecular weight excluding hydrogens is 293 g/mol. The molecule has 0 aliphatic carbocycles. The Bertz CT molecular complexity index is 765. The summed E-state index contributed by atoms with van der Waals surface area (Å²) in [5.41, 5.74) is 4.10. The van der Waals surface area contributed by atoms with Gasteiger partial charge in [-0.25, -0.2) is 4.98 Å². The molecule has 1 aromatic carbocycles. The van der Waals surface area contributed by atoms with Gasteiger partial charge in [0.1, 0.15) is 5.15 Å². The third-order valence-corrected chi connectivity index (χ3v) is 3.70. The first kappa shape index (κ1) is 13.3. The number of benzene rings is 1. The van der Waals surface area contributed by atoms with Crippen molar-refractivity contribution < 1.29 is 0 Å². The van der Waals surface area contributed by atoms with E-state index in [1.807, 2.05) is 37.4 Å². The van der Waals surface area contributed by atoms with Gasteiger partial charge < -0.3 is 10.3 Å². The van der Waals surface area contributed by atoms with Crippen LogP contribution in [0.1, 0.15) is 11.3 Å². The average molecular weight is 306 g/mol. The molecule has 0 atom stereocenters. The Labute approximate surface area is 126 Å². The van der Waals surface area contributed by atoms with Crippen LogP contribution < -0.4 is 5.32 Å². The SMILES string of the molecule is Cc1nc(Cl)ccc1NCc1c[nH]c2cc(Cl)ccc12. The number of aromatic nitrogens is 2. The van der Waals surface area contributed by atoms with E-state index in [1.54, 1.807) is 6.07 Å². The van der Waals surface area contributed by atoms with E-state index in [0.717, 1.165) is 21.9 Å². The molecule has 0 bridgehead atoms. The summed E-state index contributed by atoms with van der Waals surface area (Å²) in [5, 5.41) is 5.79. The maximum absolute atomic E-state index is 5.98. The minimum Gasteiger partial charge on any atom is -0.379 e. The third kappa shape index (κ3) is 2.60. The van der Waals surface area contributed by atoms with Crippen LogP contribution in [0.25, 0.3) is 10.9 Å². The van der Waals surface area contributed by atoms with Gasteiger partial charge in [0.05, 0.1) is 11.4 Å². The van der Waals surface area contributed by atoms with Gasteiger partial charge in [0.2, 0.25) is 0 Å². The van der Waals surface area contributed by atoms with Crippen molar-refractivity contribution in [2.24, 2.45) is 0 Å². The zero-order valence-electron chi connectivity index (χ0n) is 10.9. The number of nitrogens with zero attached hydrogens (tertiary/aromatic N) is 1. The number of nitrogens with one attached hydrogen (secondary N) is 2. The number of hydrogen-bond acceptors (Lipinski definition) is 2. The minimum atomic E-state index is 0.509. The van der Waals surface area contributed by atoms with Crippen LogP contribution >= 0.6 is 23.2 Å². The highest BCUT2D eigenvalue weighted by atomic mass is 35.5. The molecule has 0 fully saturated rings. The molecule has 0 aliphatic rings. The fourth-order valence-electron chi connectivity index (χ4n) is 2.21. The summed E-state index contributed by atoms with van der Waals surface area (Å²) in [7, 11) is 0. The average Bonchev–Trinajstić information content (AvgIpc) is 2.80. The molecule has 5 heteroatoms. The lowest BCUT2D eigenvalue weighted by Crippen LogP contribution is -2.01. The summed E-state index contributed by atoms with van der Waals surface area (Å²) in [5.74, 6) is 0. The zero-order valence-corrected chi connectivity index (χ0v) is 12.4. The van der Waals surface area contributed by atoms with Gasteiger partial charge in [-0.3, -0.25) is 0 Å². The number of fused-ring (bicyclic) bond motifs is 1. The molecule has 0 amide bonds. The van der Waals surface area contributed by atoms with Crippen LogP contribution in [0.5, 0.6) is 0 Å². The van der Waals surface area contributed by atoms with Crippen LogP contribution in [-0.2, 0) is 6.54 Å². The highest BCUT2D eigenvalue weighted by Gasteiger charge is 2.05. The Kier molecular flexibility index (Phi) is 3.55. The zero-order chi connectivity index (χ0) is 14.1. The fourth-order valence-corrected chi connectivity index (χ4v) is 2.57. The molecule has 0 saturated carbocycles. The number of anilines is 1. The van der Waals surface area contributed by atoms with E-state index in [9.17, 15) is 0 Å². The summed E-state index contributed by atoms with van der Waals surface area (Å²) in [4.78, 5) is 7.45. The fraction of sp³-hybridized carbons (Fsp3) is 0.133. The third-order valence-electron chi connectivity index (χ3n) is 3.25. The summed E-state index contributed by atoms with van der Waals surface area (Å²) < 4.78 is 0. The molecular formula is C15H13Cl2N3. The van der Waals surface area contributed by atoms with Gasteiger partial charge in [-0.15, -0.1) is 0 Å². The number of H-pyrrole nitrogens is 1. The lowest BCUT2D eigenvalue weighted by molar-refractivity contribution is 1.12. The van der Waals surface area contributed by atoms with E-state index in [0.29, 0.717) is 11.7 Å². The monoisotopic (exact) mass is 305 g/mol. The topological polar surface area (TPSA) is 40.7 Å². The predicted octanol–water partition coefficient (Wildman–Crippen LogP) is 4.79. The Morgan fingerprint density at radius 1 is 1.20 bits per heavy atom. The largest absolute Gasteiger partial charge is 0.379 e. The van der Waals surface area contributed by atoms with E-state index < -0.39 is 0 Å². The number of aromatic amines is 1. The van der Waals surface area contributed by atoms with E-state index in [-0.39, 0.29) is 0 Å². The summed E-state index contributed by atoms with van der Waals surface area (Å²) in [6, 6.07) is 9.58. The van der Waals surface area contributed by atoms with Crippen molar-refractivity contribution in [3.63, 3.8) is 0 Å². The van der Waals surface area contributed by atoms with Gasteiger partial charge in [0.15, 0.2) is 0 Å². The van der Waals surface area contributed by atoms with Crippen molar-refractivity contribution in [3.8, 4) is 0 Å². The molecule has 20 heavy (non-hydrogen) atoms. The molecule has 0 saturated heterocycles. The summed E-state index contributed by atoms with van der Waals surface area (Å²) in [6.07, 6.45) is 1.99. The maximum atomic E-state index is 5.98. The molecule has 3 aromatic rings. The van der Waals surface area contributed by atoms with Gasteiger partial charge in [-0.2, -0.15) is 0 Å². The molecule has 102 valence electrons. The first-order valence-electron chi connectivity index (χ1n) is 6.26. The Hall–Kier alpha value is -1.71. The van der Waals surface area contributed by atoms with Crippen LogP contribution in [0.4, 0.5) is 5.69 Å². The van der Waals surface area contributed by atoms with Crippen molar-refractivity contribution in [1.29, 1.82) is 0 Å². The van der Waals surface area contributed by atoms with E-state index >= 15 is 0 Å². The first-order valence-corrected chi connectivity index (χ1v) is 7.01. The van der Waals surface area contributed by atoms with Gasteiger partial charge in [-0.1, -0.05) is 29.3 Å². The first-order chi connectivity index (χ1) is 9.63. The highest BCUT2D eigenvalue weighted by Crippen LogP contribution is 2.23. The van der Waals surface area contributed by atoms with Crippen molar-refractivity contribution in [1.82, 2.24) is 9.97 Å². The number of halogens is 2. The van der Waals surface area contributed by atoms with E-state index in [4.69, 9.17) is 23.2 Å². The van der Waals surface area contributed by atoms with Crippen molar-refractivity contribution >= 4 is 39.8 Å². The normalized spacial score (nSPS) is 10.9. The van der Waals surface area contributed by atoms with Crippen LogP contribution in [-0.4, -0.2) is 9.97 Å². The Morgan fingerprint density at radius 2 is 2.05 bits per heavy atom. The lowest BCUT2D eigenvalue weighted by atomic mass is 10.1. The molecule has 3 rings (SSSR count). The van der Waals surface area contributed by atoms with Crippen molar-refractivity contribution in [3.05, 3.63) is 58.0 Å². The number of aryl methyl sites for hydroxylation is 1. The highest BCUT2D eigenvalue weighted by molar-refractivity contribution is 6.31. The molecule has 2 aromatic heterocycles. The molecule has 0 radical (unpaired) electrons. The van der Waals surface area contributed by atoms with Gasteiger partial charge in [-0.05, 0) is 36.8 Å². The maximum Gasteiger partial charge on any atom is 0.129 e. The van der Waals surface area contributed by atoms with E-state index in [1.165, 1.54) is 10.9 Å². The second-order valence-corrected chi connectivity index (χ2v) is 5.45. The molecule has 0 aliphatic heterocycles.